The van der Waals surface area contributed by atoms with Gasteiger partial charge in [0.2, 0.25) is 0 Å². The van der Waals surface area contributed by atoms with Gasteiger partial charge in [-0.1, -0.05) is 0 Å². The highest BCUT2D eigenvalue weighted by Gasteiger charge is 2.16. The molecule has 3 nitrogen and oxygen atoms in total. The van der Waals surface area contributed by atoms with Gasteiger partial charge < -0.3 is 10.1 Å². The smallest absolute Gasteiger partial charge is 0.0746 e. The van der Waals surface area contributed by atoms with Crippen LogP contribution in [0.4, 0.5) is 0 Å². The number of pyridine rings is 1. The Morgan fingerprint density at radius 2 is 2.00 bits per heavy atom. The Labute approximate surface area is 98.2 Å². The van der Waals surface area contributed by atoms with Crippen LogP contribution in [0, 0.1) is 0 Å². The molecule has 90 valence electrons. The summed E-state index contributed by atoms with van der Waals surface area (Å²) in [5.41, 5.74) is 1.21. The molecule has 1 N–H and O–H groups in total. The number of ether oxygens (including phenoxy) is 1. The van der Waals surface area contributed by atoms with Crippen molar-refractivity contribution in [3.05, 3.63) is 30.1 Å². The van der Waals surface area contributed by atoms with Gasteiger partial charge in [-0.15, -0.1) is 0 Å². The molecule has 1 unspecified atom stereocenters. The van der Waals surface area contributed by atoms with Crippen molar-refractivity contribution in [2.75, 3.05) is 13.7 Å². The number of rotatable bonds is 6. The van der Waals surface area contributed by atoms with Crippen LogP contribution in [-0.2, 0) is 11.2 Å². The molecular weight excluding hydrogens is 200 g/mol. The first kappa shape index (κ1) is 13.1. The Bertz CT molecular complexity index is 298. The number of nitrogens with one attached hydrogen (secondary N) is 1. The van der Waals surface area contributed by atoms with Crippen LogP contribution < -0.4 is 5.32 Å². The fraction of sp³-hybridized carbons (Fsp3) is 0.615. The second-order valence-corrected chi connectivity index (χ2v) is 4.81. The first-order chi connectivity index (χ1) is 7.53. The molecule has 0 radical (unpaired) electrons. The highest BCUT2D eigenvalue weighted by molar-refractivity contribution is 5.10. The maximum Gasteiger partial charge on any atom is 0.0746 e. The molecule has 0 spiro atoms. The van der Waals surface area contributed by atoms with E-state index in [1.165, 1.54) is 5.56 Å². The highest BCUT2D eigenvalue weighted by atomic mass is 16.5. The van der Waals surface area contributed by atoms with Crippen molar-refractivity contribution in [1.82, 2.24) is 10.3 Å². The van der Waals surface area contributed by atoms with E-state index in [-0.39, 0.29) is 5.60 Å². The van der Waals surface area contributed by atoms with Gasteiger partial charge >= 0.3 is 0 Å². The van der Waals surface area contributed by atoms with E-state index in [2.05, 4.69) is 43.2 Å². The summed E-state index contributed by atoms with van der Waals surface area (Å²) in [5, 5.41) is 3.48. The van der Waals surface area contributed by atoms with Crippen molar-refractivity contribution in [3.8, 4) is 0 Å². The molecule has 0 fully saturated rings. The van der Waals surface area contributed by atoms with Crippen LogP contribution in [0.5, 0.6) is 0 Å². The molecule has 0 aliphatic heterocycles. The van der Waals surface area contributed by atoms with Crippen LogP contribution in [0.1, 0.15) is 26.3 Å². The molecule has 0 aromatic carbocycles. The van der Waals surface area contributed by atoms with Gasteiger partial charge in [-0.3, -0.25) is 4.98 Å². The van der Waals surface area contributed by atoms with Gasteiger partial charge in [0.1, 0.15) is 0 Å². The highest BCUT2D eigenvalue weighted by Crippen LogP contribution is 2.07. The third-order valence-corrected chi connectivity index (χ3v) is 2.72. The van der Waals surface area contributed by atoms with Gasteiger partial charge in [-0.05, 0) is 44.9 Å². The third-order valence-electron chi connectivity index (χ3n) is 2.72. The summed E-state index contributed by atoms with van der Waals surface area (Å²) in [6, 6.07) is 4.55. The second kappa shape index (κ2) is 5.97. The van der Waals surface area contributed by atoms with E-state index in [1.54, 1.807) is 7.11 Å². The maximum atomic E-state index is 5.37. The SMILES string of the molecule is COC(C)(C)CNC(C)Cc1ccncc1. The molecule has 16 heavy (non-hydrogen) atoms. The first-order valence-electron chi connectivity index (χ1n) is 5.71. The molecule has 1 atom stereocenters. The molecule has 0 amide bonds. The average Bonchev–Trinajstić information content (AvgIpc) is 2.28. The summed E-state index contributed by atoms with van der Waals surface area (Å²) in [4.78, 5) is 4.01. The molecule has 3 heteroatoms. The normalized spacial score (nSPS) is 13.8. The Morgan fingerprint density at radius 3 is 2.56 bits per heavy atom. The molecule has 0 aliphatic carbocycles. The van der Waals surface area contributed by atoms with Crippen LogP contribution in [0.15, 0.2) is 24.5 Å². The number of methoxy groups -OCH3 is 1. The van der Waals surface area contributed by atoms with Gasteiger partial charge in [0.05, 0.1) is 5.60 Å². The second-order valence-electron chi connectivity index (χ2n) is 4.81. The van der Waals surface area contributed by atoms with Gasteiger partial charge in [-0.25, -0.2) is 0 Å². The predicted octanol–water partition coefficient (Wildman–Crippen LogP) is 2.03. The Morgan fingerprint density at radius 1 is 1.38 bits per heavy atom. The zero-order valence-electron chi connectivity index (χ0n) is 10.7. The topological polar surface area (TPSA) is 34.1 Å². The minimum atomic E-state index is -0.105. The van der Waals surface area contributed by atoms with E-state index in [4.69, 9.17) is 4.74 Å². The monoisotopic (exact) mass is 222 g/mol. The molecular formula is C13H22N2O. The van der Waals surface area contributed by atoms with Crippen LogP contribution in [0.3, 0.4) is 0 Å². The quantitative estimate of drug-likeness (QED) is 0.799. The van der Waals surface area contributed by atoms with Gasteiger partial charge in [0.25, 0.3) is 0 Å². The van der Waals surface area contributed by atoms with E-state index in [1.807, 2.05) is 12.4 Å². The Hall–Kier alpha value is -0.930. The molecule has 1 rings (SSSR count). The minimum absolute atomic E-state index is 0.105. The van der Waals surface area contributed by atoms with Crippen LogP contribution in [0.25, 0.3) is 0 Å². The number of hydrogen-bond acceptors (Lipinski definition) is 3. The molecule has 1 aromatic heterocycles. The zero-order valence-corrected chi connectivity index (χ0v) is 10.7. The summed E-state index contributed by atoms with van der Waals surface area (Å²) >= 11 is 0. The molecule has 1 aromatic rings. The van der Waals surface area contributed by atoms with Crippen molar-refractivity contribution in [1.29, 1.82) is 0 Å². The van der Waals surface area contributed by atoms with Crippen molar-refractivity contribution in [2.24, 2.45) is 0 Å². The third kappa shape index (κ3) is 4.73. The van der Waals surface area contributed by atoms with Gasteiger partial charge in [-0.2, -0.15) is 0 Å². The van der Waals surface area contributed by atoms with Crippen molar-refractivity contribution in [3.63, 3.8) is 0 Å². The number of hydrogen-bond donors (Lipinski definition) is 1. The average molecular weight is 222 g/mol. The van der Waals surface area contributed by atoms with Gasteiger partial charge in [0.15, 0.2) is 0 Å². The first-order valence-corrected chi connectivity index (χ1v) is 5.71. The summed E-state index contributed by atoms with van der Waals surface area (Å²) < 4.78 is 5.37. The zero-order chi connectivity index (χ0) is 12.0. The number of aromatic nitrogens is 1. The van der Waals surface area contributed by atoms with E-state index >= 15 is 0 Å². The van der Waals surface area contributed by atoms with E-state index < -0.39 is 0 Å². The standard InChI is InChI=1S/C13H22N2O/c1-11(15-10-13(2,3)16-4)9-12-5-7-14-8-6-12/h5-8,11,15H,9-10H2,1-4H3. The van der Waals surface area contributed by atoms with E-state index in [0.717, 1.165) is 13.0 Å². The summed E-state index contributed by atoms with van der Waals surface area (Å²) in [6.45, 7) is 7.21. The van der Waals surface area contributed by atoms with E-state index in [0.29, 0.717) is 6.04 Å². The van der Waals surface area contributed by atoms with Crippen molar-refractivity contribution >= 4 is 0 Å². The van der Waals surface area contributed by atoms with Crippen molar-refractivity contribution < 1.29 is 4.74 Å². The van der Waals surface area contributed by atoms with Crippen LogP contribution in [0.2, 0.25) is 0 Å². The maximum absolute atomic E-state index is 5.37. The number of nitrogens with zero attached hydrogens (tertiary/aromatic N) is 1. The lowest BCUT2D eigenvalue weighted by atomic mass is 10.1. The van der Waals surface area contributed by atoms with E-state index in [9.17, 15) is 0 Å². The molecule has 0 bridgehead atoms. The molecule has 0 aliphatic rings. The lowest BCUT2D eigenvalue weighted by molar-refractivity contribution is 0.0215. The lowest BCUT2D eigenvalue weighted by Gasteiger charge is -2.25. The van der Waals surface area contributed by atoms with Crippen molar-refractivity contribution in [2.45, 2.75) is 38.8 Å². The summed E-state index contributed by atoms with van der Waals surface area (Å²) in [5.74, 6) is 0. The Balaban J connectivity index is 2.34. The fourth-order valence-corrected chi connectivity index (χ4v) is 1.44. The minimum Gasteiger partial charge on any atom is -0.377 e. The van der Waals surface area contributed by atoms with Crippen LogP contribution in [-0.4, -0.2) is 30.3 Å². The Kier molecular flexibility index (Phi) is 4.90. The summed E-state index contributed by atoms with van der Waals surface area (Å²) in [7, 11) is 1.75. The fourth-order valence-electron chi connectivity index (χ4n) is 1.44. The largest absolute Gasteiger partial charge is 0.377 e. The van der Waals surface area contributed by atoms with Gasteiger partial charge in [0, 0.05) is 32.1 Å². The van der Waals surface area contributed by atoms with Crippen LogP contribution >= 0.6 is 0 Å². The summed E-state index contributed by atoms with van der Waals surface area (Å²) in [6.07, 6.45) is 4.69. The predicted molar refractivity (Wildman–Crippen MR) is 66.5 cm³/mol. The lowest BCUT2D eigenvalue weighted by Crippen LogP contribution is -2.41. The molecule has 1 heterocycles. The molecule has 0 saturated carbocycles. The molecule has 0 saturated heterocycles.